The number of hydrogen-bond donors (Lipinski definition) is 0. The lowest BCUT2D eigenvalue weighted by Gasteiger charge is -2.17. The van der Waals surface area contributed by atoms with Gasteiger partial charge in [0, 0.05) is 19.8 Å². The number of sulfonamides is 1. The Morgan fingerprint density at radius 2 is 1.85 bits per heavy atom. The van der Waals surface area contributed by atoms with Gasteiger partial charge < -0.3 is 0 Å². The fourth-order valence-corrected chi connectivity index (χ4v) is 2.98. The minimum absolute atomic E-state index is 0.150. The molecule has 0 saturated heterocycles. The number of benzene rings is 1. The van der Waals surface area contributed by atoms with Crippen molar-refractivity contribution in [3.05, 3.63) is 59.4 Å². The second kappa shape index (κ2) is 6.35. The number of pyridine rings is 1. The number of aromatic nitrogens is 1. The number of rotatable bonds is 5. The second-order valence-corrected chi connectivity index (χ2v) is 6.81. The zero-order valence-corrected chi connectivity index (χ0v) is 12.6. The Kier molecular flexibility index (Phi) is 4.75. The largest absolute Gasteiger partial charge is 0.244 e. The Hall–Kier alpha value is -1.43. The van der Waals surface area contributed by atoms with Crippen LogP contribution in [-0.4, -0.2) is 31.3 Å². The fourth-order valence-electron chi connectivity index (χ4n) is 1.75. The number of halogens is 1. The predicted molar refractivity (Wildman–Crippen MR) is 79.2 cm³/mol. The van der Waals surface area contributed by atoms with E-state index in [1.54, 1.807) is 7.05 Å². The van der Waals surface area contributed by atoms with Gasteiger partial charge in [0.05, 0.1) is 0 Å². The van der Waals surface area contributed by atoms with Gasteiger partial charge in [-0.3, -0.25) is 0 Å². The number of likely N-dealkylation sites (N-methyl/N-ethyl adjacent to an activating group) is 1. The Bertz CT molecular complexity index is 657. The lowest BCUT2D eigenvalue weighted by Crippen LogP contribution is -2.29. The maximum atomic E-state index is 12.3. The molecule has 0 fully saturated rings. The van der Waals surface area contributed by atoms with E-state index in [4.69, 9.17) is 11.6 Å². The fraction of sp³-hybridized carbons (Fsp3) is 0.214. The lowest BCUT2D eigenvalue weighted by molar-refractivity contribution is 0.472. The molecule has 6 heteroatoms. The molecule has 0 bridgehead atoms. The Morgan fingerprint density at radius 3 is 2.45 bits per heavy atom. The molecule has 0 amide bonds. The molecule has 0 aliphatic heterocycles. The van der Waals surface area contributed by atoms with Crippen LogP contribution < -0.4 is 0 Å². The summed E-state index contributed by atoms with van der Waals surface area (Å²) in [7, 11) is -1.95. The summed E-state index contributed by atoms with van der Waals surface area (Å²) in [5, 5.41) is 0.274. The van der Waals surface area contributed by atoms with Crippen LogP contribution in [0.15, 0.2) is 53.6 Å². The molecule has 1 aromatic heterocycles. The minimum Gasteiger partial charge on any atom is -0.243 e. The zero-order chi connectivity index (χ0) is 14.6. The van der Waals surface area contributed by atoms with Gasteiger partial charge >= 0.3 is 0 Å². The Balaban J connectivity index is 2.08. The average Bonchev–Trinajstić information content (AvgIpc) is 2.46. The van der Waals surface area contributed by atoms with E-state index in [1.807, 2.05) is 30.3 Å². The van der Waals surface area contributed by atoms with Crippen molar-refractivity contribution >= 4 is 21.6 Å². The van der Waals surface area contributed by atoms with Crippen molar-refractivity contribution in [2.75, 3.05) is 13.6 Å². The van der Waals surface area contributed by atoms with Gasteiger partial charge in [0.1, 0.15) is 10.0 Å². The summed E-state index contributed by atoms with van der Waals surface area (Å²) in [6, 6.07) is 12.7. The zero-order valence-electron chi connectivity index (χ0n) is 11.0. The van der Waals surface area contributed by atoms with Gasteiger partial charge in [0.2, 0.25) is 10.0 Å². The van der Waals surface area contributed by atoms with Gasteiger partial charge in [0.15, 0.2) is 0 Å². The van der Waals surface area contributed by atoms with Gasteiger partial charge in [0.25, 0.3) is 0 Å². The van der Waals surface area contributed by atoms with Crippen LogP contribution in [0.5, 0.6) is 0 Å². The van der Waals surface area contributed by atoms with Gasteiger partial charge in [-0.1, -0.05) is 41.9 Å². The third-order valence-electron chi connectivity index (χ3n) is 2.97. The van der Waals surface area contributed by atoms with Crippen LogP contribution in [0.2, 0.25) is 5.15 Å². The lowest BCUT2D eigenvalue weighted by atomic mass is 10.2. The molecular formula is C14H15ClN2O2S. The van der Waals surface area contributed by atoms with E-state index >= 15 is 0 Å². The smallest absolute Gasteiger partial charge is 0.243 e. The molecular weight excluding hydrogens is 296 g/mol. The van der Waals surface area contributed by atoms with E-state index in [9.17, 15) is 8.42 Å². The molecule has 4 nitrogen and oxygen atoms in total. The van der Waals surface area contributed by atoms with Gasteiger partial charge in [-0.2, -0.15) is 0 Å². The summed E-state index contributed by atoms with van der Waals surface area (Å²) in [6.07, 6.45) is 1.94. The SMILES string of the molecule is CN(CCc1ccccc1)S(=O)(=O)c1ccc(Cl)nc1. The van der Waals surface area contributed by atoms with Crippen molar-refractivity contribution < 1.29 is 8.42 Å². The quantitative estimate of drug-likeness (QED) is 0.798. The normalized spacial score (nSPS) is 11.8. The Labute approximate surface area is 124 Å². The molecule has 1 heterocycles. The first-order valence-electron chi connectivity index (χ1n) is 6.12. The minimum atomic E-state index is -3.51. The first kappa shape index (κ1) is 15.0. The predicted octanol–water partition coefficient (Wildman–Crippen LogP) is 2.60. The molecule has 20 heavy (non-hydrogen) atoms. The molecule has 106 valence electrons. The topological polar surface area (TPSA) is 50.3 Å². The third-order valence-corrected chi connectivity index (χ3v) is 5.03. The summed E-state index contributed by atoms with van der Waals surface area (Å²) >= 11 is 5.66. The molecule has 0 unspecified atom stereocenters. The van der Waals surface area contributed by atoms with Gasteiger partial charge in [-0.05, 0) is 24.1 Å². The molecule has 0 saturated carbocycles. The van der Waals surface area contributed by atoms with Crippen LogP contribution in [0.1, 0.15) is 5.56 Å². The van der Waals surface area contributed by atoms with Gasteiger partial charge in [-0.25, -0.2) is 17.7 Å². The van der Waals surface area contributed by atoms with Crippen LogP contribution in [-0.2, 0) is 16.4 Å². The average molecular weight is 311 g/mol. The summed E-state index contributed by atoms with van der Waals surface area (Å²) in [5.74, 6) is 0. The van der Waals surface area contributed by atoms with Crippen molar-refractivity contribution in [2.24, 2.45) is 0 Å². The van der Waals surface area contributed by atoms with E-state index in [0.29, 0.717) is 13.0 Å². The van der Waals surface area contributed by atoms with Crippen LogP contribution in [0.4, 0.5) is 0 Å². The van der Waals surface area contributed by atoms with Crippen LogP contribution >= 0.6 is 11.6 Å². The summed E-state index contributed by atoms with van der Waals surface area (Å²) in [6.45, 7) is 0.412. The van der Waals surface area contributed by atoms with E-state index < -0.39 is 10.0 Å². The molecule has 0 aliphatic carbocycles. The van der Waals surface area contributed by atoms with E-state index in [1.165, 1.54) is 22.6 Å². The first-order valence-corrected chi connectivity index (χ1v) is 7.94. The highest BCUT2D eigenvalue weighted by atomic mass is 35.5. The number of nitrogens with zero attached hydrogens (tertiary/aromatic N) is 2. The highest BCUT2D eigenvalue weighted by Crippen LogP contribution is 2.15. The summed E-state index contributed by atoms with van der Waals surface area (Å²) < 4.78 is 25.9. The van der Waals surface area contributed by atoms with E-state index in [2.05, 4.69) is 4.98 Å². The molecule has 2 rings (SSSR count). The summed E-state index contributed by atoms with van der Waals surface area (Å²) in [5.41, 5.74) is 1.10. The highest BCUT2D eigenvalue weighted by Gasteiger charge is 2.20. The Morgan fingerprint density at radius 1 is 1.15 bits per heavy atom. The van der Waals surface area contributed by atoms with Gasteiger partial charge in [-0.15, -0.1) is 0 Å². The van der Waals surface area contributed by atoms with E-state index in [0.717, 1.165) is 5.56 Å². The third kappa shape index (κ3) is 3.56. The summed E-state index contributed by atoms with van der Waals surface area (Å²) in [4.78, 5) is 3.96. The number of hydrogen-bond acceptors (Lipinski definition) is 3. The molecule has 1 aromatic carbocycles. The molecule has 0 radical (unpaired) electrons. The first-order chi connectivity index (χ1) is 9.50. The van der Waals surface area contributed by atoms with Crippen LogP contribution in [0.25, 0.3) is 0 Å². The van der Waals surface area contributed by atoms with Crippen molar-refractivity contribution in [1.82, 2.24) is 9.29 Å². The second-order valence-electron chi connectivity index (χ2n) is 4.38. The van der Waals surface area contributed by atoms with Crippen molar-refractivity contribution in [1.29, 1.82) is 0 Å². The highest BCUT2D eigenvalue weighted by molar-refractivity contribution is 7.89. The molecule has 2 aromatic rings. The van der Waals surface area contributed by atoms with Crippen LogP contribution in [0, 0.1) is 0 Å². The monoisotopic (exact) mass is 310 g/mol. The van der Waals surface area contributed by atoms with Crippen molar-refractivity contribution in [3.63, 3.8) is 0 Å². The van der Waals surface area contributed by atoms with Crippen LogP contribution in [0.3, 0.4) is 0 Å². The van der Waals surface area contributed by atoms with E-state index in [-0.39, 0.29) is 10.0 Å². The molecule has 0 atom stereocenters. The maximum Gasteiger partial charge on any atom is 0.244 e. The standard InChI is InChI=1S/C14H15ClN2O2S/c1-17(10-9-12-5-3-2-4-6-12)20(18,19)13-7-8-14(15)16-11-13/h2-8,11H,9-10H2,1H3. The molecule has 0 N–H and O–H groups in total. The molecule has 0 spiro atoms. The van der Waals surface area contributed by atoms with Crippen molar-refractivity contribution in [3.8, 4) is 0 Å². The van der Waals surface area contributed by atoms with Crippen molar-refractivity contribution in [2.45, 2.75) is 11.3 Å². The molecule has 0 aliphatic rings. The maximum absolute atomic E-state index is 12.3.